The van der Waals surface area contributed by atoms with Crippen LogP contribution in [0.2, 0.25) is 0 Å². The van der Waals surface area contributed by atoms with Gasteiger partial charge in [0.25, 0.3) is 11.8 Å². The van der Waals surface area contributed by atoms with Crippen LogP contribution in [0, 0.1) is 25.5 Å². The molecule has 1 aliphatic rings. The van der Waals surface area contributed by atoms with Crippen molar-refractivity contribution < 1.29 is 28.0 Å². The van der Waals surface area contributed by atoms with E-state index >= 15 is 4.39 Å². The third-order valence-corrected chi connectivity index (χ3v) is 6.55. The van der Waals surface area contributed by atoms with Gasteiger partial charge >= 0.3 is 5.97 Å². The molecule has 1 amide bonds. The second-order valence-electron chi connectivity index (χ2n) is 9.53. The zero-order chi connectivity index (χ0) is 28.4. The van der Waals surface area contributed by atoms with Gasteiger partial charge in [-0.15, -0.1) is 0 Å². The molecule has 0 spiro atoms. The number of nitrogens with one attached hydrogen (secondary N) is 1. The van der Waals surface area contributed by atoms with E-state index in [0.717, 1.165) is 5.56 Å². The van der Waals surface area contributed by atoms with Gasteiger partial charge in [-0.3, -0.25) is 9.79 Å². The van der Waals surface area contributed by atoms with Gasteiger partial charge in [0.15, 0.2) is 0 Å². The first-order valence-corrected chi connectivity index (χ1v) is 12.4. The lowest BCUT2D eigenvalue weighted by molar-refractivity contribution is -0.141. The number of carboxylic acids is 1. The quantitative estimate of drug-likeness (QED) is 0.318. The van der Waals surface area contributed by atoms with Crippen molar-refractivity contribution in [2.24, 2.45) is 4.99 Å². The summed E-state index contributed by atoms with van der Waals surface area (Å²) in [5.41, 5.74) is 3.41. The Kier molecular flexibility index (Phi) is 7.33. The summed E-state index contributed by atoms with van der Waals surface area (Å²) in [7, 11) is 0. The molecule has 2 heterocycles. The van der Waals surface area contributed by atoms with Crippen molar-refractivity contribution in [1.29, 1.82) is 0 Å². The molecule has 40 heavy (non-hydrogen) atoms. The van der Waals surface area contributed by atoms with E-state index in [1.54, 1.807) is 25.1 Å². The van der Waals surface area contributed by atoms with Crippen LogP contribution in [0.1, 0.15) is 28.3 Å². The number of rotatable bonds is 8. The fourth-order valence-corrected chi connectivity index (χ4v) is 4.22. The van der Waals surface area contributed by atoms with Crippen LogP contribution in [-0.2, 0) is 16.0 Å². The van der Waals surface area contributed by atoms with Crippen molar-refractivity contribution in [3.63, 3.8) is 0 Å². The Hall–Kier alpha value is -4.99. The van der Waals surface area contributed by atoms with Crippen molar-refractivity contribution in [2.75, 3.05) is 0 Å². The van der Waals surface area contributed by atoms with Gasteiger partial charge in [0, 0.05) is 18.2 Å². The Morgan fingerprint density at radius 2 is 1.80 bits per heavy atom. The third kappa shape index (κ3) is 5.70. The van der Waals surface area contributed by atoms with Crippen LogP contribution < -0.4 is 5.32 Å². The number of carbonyl (C=O) groups is 2. The van der Waals surface area contributed by atoms with Crippen molar-refractivity contribution in [3.8, 4) is 22.8 Å². The number of aliphatic imine (C=N–C) groups is 1. The average molecular weight is 543 g/mol. The number of carboxylic acid groups (broad SMARTS) is 1. The lowest BCUT2D eigenvalue weighted by Crippen LogP contribution is -2.43. The second kappa shape index (κ2) is 11.0. The van der Waals surface area contributed by atoms with E-state index in [-0.39, 0.29) is 35.1 Å². The van der Waals surface area contributed by atoms with E-state index in [1.165, 1.54) is 30.5 Å². The Morgan fingerprint density at radius 1 is 1.02 bits per heavy atom. The Bertz CT molecular complexity index is 1660. The van der Waals surface area contributed by atoms with Crippen LogP contribution >= 0.6 is 0 Å². The van der Waals surface area contributed by atoms with Gasteiger partial charge in [0.2, 0.25) is 5.82 Å². The normalized spacial score (nSPS) is 15.1. The number of benzene rings is 3. The number of hydrogen-bond donors (Lipinski definition) is 2. The van der Waals surface area contributed by atoms with E-state index in [0.29, 0.717) is 22.3 Å². The monoisotopic (exact) mass is 542 g/mol. The average Bonchev–Trinajstić information content (AvgIpc) is 3.61. The van der Waals surface area contributed by atoms with Crippen LogP contribution in [0.3, 0.4) is 0 Å². The van der Waals surface area contributed by atoms with Gasteiger partial charge < -0.3 is 14.9 Å². The zero-order valence-corrected chi connectivity index (χ0v) is 21.6. The molecular formula is C30H24F2N4O4. The van der Waals surface area contributed by atoms with Gasteiger partial charge in [0.1, 0.15) is 17.7 Å². The Labute approximate surface area is 228 Å². The fourth-order valence-electron chi connectivity index (χ4n) is 4.22. The molecule has 2 N–H and O–H groups in total. The number of carbonyl (C=O) groups excluding carboxylic acids is 1. The van der Waals surface area contributed by atoms with Crippen molar-refractivity contribution in [2.45, 2.75) is 32.4 Å². The smallest absolute Gasteiger partial charge is 0.326 e. The number of amides is 1. The lowest BCUT2D eigenvalue weighted by Gasteiger charge is -2.15. The minimum atomic E-state index is -1.33. The minimum Gasteiger partial charge on any atom is -0.480 e. The topological polar surface area (TPSA) is 118 Å². The van der Waals surface area contributed by atoms with E-state index in [4.69, 9.17) is 4.52 Å². The Morgan fingerprint density at radius 3 is 2.50 bits per heavy atom. The van der Waals surface area contributed by atoms with Crippen LogP contribution in [0.5, 0.6) is 0 Å². The van der Waals surface area contributed by atoms with Crippen molar-refractivity contribution in [3.05, 3.63) is 106 Å². The molecule has 3 aromatic carbocycles. The number of hydrogen-bond acceptors (Lipinski definition) is 6. The molecule has 1 aromatic heterocycles. The summed E-state index contributed by atoms with van der Waals surface area (Å²) >= 11 is 0. The number of aromatic nitrogens is 2. The highest BCUT2D eigenvalue weighted by Crippen LogP contribution is 2.27. The third-order valence-electron chi connectivity index (χ3n) is 6.55. The maximum absolute atomic E-state index is 15.0. The predicted molar refractivity (Wildman–Crippen MR) is 144 cm³/mol. The maximum Gasteiger partial charge on any atom is 0.326 e. The number of nitrogens with zero attached hydrogens (tertiary/aromatic N) is 3. The van der Waals surface area contributed by atoms with E-state index in [1.807, 2.05) is 31.2 Å². The summed E-state index contributed by atoms with van der Waals surface area (Å²) in [5.74, 6) is -2.69. The van der Waals surface area contributed by atoms with Gasteiger partial charge in [0.05, 0.1) is 17.2 Å². The number of aryl methyl sites for hydroxylation is 2. The molecule has 0 bridgehead atoms. The van der Waals surface area contributed by atoms with Gasteiger partial charge in [-0.2, -0.15) is 4.98 Å². The van der Waals surface area contributed by atoms with Gasteiger partial charge in [-0.25, -0.2) is 13.6 Å². The minimum absolute atomic E-state index is 0.0539. The first-order chi connectivity index (χ1) is 19.2. The molecule has 0 saturated heterocycles. The molecule has 2 unspecified atom stereocenters. The number of aliphatic carboxylic acids is 1. The number of halogens is 2. The summed E-state index contributed by atoms with van der Waals surface area (Å²) in [4.78, 5) is 33.2. The Balaban J connectivity index is 1.27. The first-order valence-electron chi connectivity index (χ1n) is 12.4. The molecule has 1 aliphatic heterocycles. The molecule has 202 valence electrons. The van der Waals surface area contributed by atoms with Crippen molar-refractivity contribution >= 4 is 18.1 Å². The highest BCUT2D eigenvalue weighted by atomic mass is 19.1. The molecule has 10 heteroatoms. The summed E-state index contributed by atoms with van der Waals surface area (Å²) in [5, 5.41) is 16.0. The second-order valence-corrected chi connectivity index (χ2v) is 9.53. The van der Waals surface area contributed by atoms with Crippen LogP contribution in [0.25, 0.3) is 22.8 Å². The molecule has 2 atom stereocenters. The van der Waals surface area contributed by atoms with Crippen LogP contribution in [0.4, 0.5) is 8.78 Å². The zero-order valence-electron chi connectivity index (χ0n) is 21.6. The first kappa shape index (κ1) is 26.6. The SMILES string of the molecule is Cc1ccc(-c2nc(-c3ccc(CC(NC(=O)C4=CC(c5ccc(C)c(F)c5)N=C4)C(=O)O)cc3F)no2)cc1. The summed E-state index contributed by atoms with van der Waals surface area (Å²) in [6.07, 6.45) is 2.68. The standard InChI is InChI=1S/C30H24F2N4O4/c1-16-3-7-19(8-4-16)29-35-27(36-40-29)22-10-6-18(11-24(22)32)12-26(30(38)39)34-28(37)21-14-25(33-15-21)20-9-5-17(2)23(31)13-20/h3-11,13-15,25-26H,12H2,1-2H3,(H,34,37)(H,38,39). The molecule has 4 aromatic rings. The summed E-state index contributed by atoms with van der Waals surface area (Å²) in [6, 6.07) is 14.4. The van der Waals surface area contributed by atoms with E-state index in [2.05, 4.69) is 20.4 Å². The fraction of sp³-hybridized carbons (Fsp3) is 0.167. The largest absolute Gasteiger partial charge is 0.480 e. The molecule has 8 nitrogen and oxygen atoms in total. The van der Waals surface area contributed by atoms with Gasteiger partial charge in [-0.05, 0) is 66.9 Å². The van der Waals surface area contributed by atoms with E-state index < -0.39 is 29.8 Å². The predicted octanol–water partition coefficient (Wildman–Crippen LogP) is 5.16. The summed E-state index contributed by atoms with van der Waals surface area (Å²) in [6.45, 7) is 3.59. The van der Waals surface area contributed by atoms with Crippen LogP contribution in [0.15, 0.2) is 81.8 Å². The van der Waals surface area contributed by atoms with E-state index in [9.17, 15) is 19.1 Å². The highest BCUT2D eigenvalue weighted by molar-refractivity contribution is 6.14. The molecule has 0 saturated carbocycles. The molecule has 5 rings (SSSR count). The van der Waals surface area contributed by atoms with Crippen LogP contribution in [-0.4, -0.2) is 39.4 Å². The molecular weight excluding hydrogens is 518 g/mol. The maximum atomic E-state index is 15.0. The lowest BCUT2D eigenvalue weighted by atomic mass is 10.0. The molecule has 0 radical (unpaired) electrons. The highest BCUT2D eigenvalue weighted by Gasteiger charge is 2.25. The molecule has 0 fully saturated rings. The summed E-state index contributed by atoms with van der Waals surface area (Å²) < 4.78 is 34.2. The van der Waals surface area contributed by atoms with Gasteiger partial charge in [-0.1, -0.05) is 41.1 Å². The molecule has 0 aliphatic carbocycles. The van der Waals surface area contributed by atoms with Crippen molar-refractivity contribution in [1.82, 2.24) is 15.5 Å².